The van der Waals surface area contributed by atoms with E-state index in [0.29, 0.717) is 18.0 Å². The highest BCUT2D eigenvalue weighted by Gasteiger charge is 2.20. The van der Waals surface area contributed by atoms with Gasteiger partial charge in [0.2, 0.25) is 0 Å². The molecule has 0 radical (unpaired) electrons. The van der Waals surface area contributed by atoms with Gasteiger partial charge in [-0.1, -0.05) is 19.9 Å². The van der Waals surface area contributed by atoms with Crippen LogP contribution in [0.4, 0.5) is 5.82 Å². The summed E-state index contributed by atoms with van der Waals surface area (Å²) >= 11 is 0. The molecule has 1 aliphatic rings. The van der Waals surface area contributed by atoms with Crippen molar-refractivity contribution in [2.24, 2.45) is 5.92 Å². The van der Waals surface area contributed by atoms with Crippen LogP contribution in [0.1, 0.15) is 73.9 Å². The third-order valence-corrected chi connectivity index (χ3v) is 6.18. The molecule has 0 saturated carbocycles. The number of nitrogens with zero attached hydrogens (tertiary/aromatic N) is 2. The Kier molecular flexibility index (Phi) is 8.33. The molecule has 1 fully saturated rings. The normalized spacial score (nSPS) is 14.7. The lowest BCUT2D eigenvalue weighted by Gasteiger charge is -2.33. The van der Waals surface area contributed by atoms with Crippen molar-refractivity contribution in [1.82, 2.24) is 10.3 Å². The van der Waals surface area contributed by atoms with Crippen molar-refractivity contribution >= 4 is 11.7 Å². The van der Waals surface area contributed by atoms with E-state index in [1.807, 2.05) is 38.2 Å². The highest BCUT2D eigenvalue weighted by atomic mass is 16.5. The maximum absolute atomic E-state index is 12.0. The smallest absolute Gasteiger partial charge is 0.251 e. The zero-order valence-electron chi connectivity index (χ0n) is 19.5. The Balaban J connectivity index is 1.37. The minimum atomic E-state index is -0.0241. The van der Waals surface area contributed by atoms with Crippen LogP contribution < -0.4 is 15.0 Å². The number of amides is 1. The molecule has 0 aliphatic carbocycles. The van der Waals surface area contributed by atoms with E-state index in [9.17, 15) is 4.79 Å². The first-order valence-electron chi connectivity index (χ1n) is 11.7. The Morgan fingerprint density at radius 2 is 2.00 bits per heavy atom. The predicted molar refractivity (Wildman–Crippen MR) is 127 cm³/mol. The number of piperidine rings is 1. The molecule has 3 rings (SSSR count). The van der Waals surface area contributed by atoms with Gasteiger partial charge in [0.1, 0.15) is 11.6 Å². The van der Waals surface area contributed by atoms with Gasteiger partial charge in [-0.25, -0.2) is 4.98 Å². The maximum Gasteiger partial charge on any atom is 0.251 e. The summed E-state index contributed by atoms with van der Waals surface area (Å²) in [5.41, 5.74) is 2.97. The van der Waals surface area contributed by atoms with Crippen molar-refractivity contribution in [2.75, 3.05) is 31.1 Å². The van der Waals surface area contributed by atoms with Crippen LogP contribution in [0.3, 0.4) is 0 Å². The molecular formula is C26H37N3O2. The number of carbonyl (C=O) groups excluding carboxylic acids is 1. The van der Waals surface area contributed by atoms with Crippen molar-refractivity contribution in [1.29, 1.82) is 0 Å². The standard InChI is InChI=1S/C26H37N3O2/c1-5-27-26(30)24-10-9-23(17-20(24)4)31-16-6-7-21-12-14-29(15-13-21)25-11-8-22(18-28-25)19(2)3/h8-11,17-19,21H,5-7,12-16H2,1-4H3,(H,27,30). The Morgan fingerprint density at radius 1 is 1.23 bits per heavy atom. The molecule has 1 aromatic heterocycles. The highest BCUT2D eigenvalue weighted by molar-refractivity contribution is 5.95. The van der Waals surface area contributed by atoms with E-state index >= 15 is 0 Å². The topological polar surface area (TPSA) is 54.5 Å². The van der Waals surface area contributed by atoms with E-state index in [4.69, 9.17) is 4.74 Å². The molecule has 1 saturated heterocycles. The van der Waals surface area contributed by atoms with E-state index in [1.165, 1.54) is 24.8 Å². The molecule has 1 amide bonds. The molecule has 1 N–H and O–H groups in total. The average molecular weight is 424 g/mol. The molecule has 0 bridgehead atoms. The molecule has 1 aromatic carbocycles. The number of benzene rings is 1. The minimum absolute atomic E-state index is 0.0241. The zero-order valence-corrected chi connectivity index (χ0v) is 19.5. The van der Waals surface area contributed by atoms with Gasteiger partial charge in [0, 0.05) is 31.4 Å². The number of carbonyl (C=O) groups is 1. The number of pyridine rings is 1. The zero-order chi connectivity index (χ0) is 22.2. The summed E-state index contributed by atoms with van der Waals surface area (Å²) in [7, 11) is 0. The second-order valence-corrected chi connectivity index (χ2v) is 8.86. The van der Waals surface area contributed by atoms with E-state index < -0.39 is 0 Å². The van der Waals surface area contributed by atoms with Crippen LogP contribution in [0, 0.1) is 12.8 Å². The fraction of sp³-hybridized carbons (Fsp3) is 0.538. The second kappa shape index (κ2) is 11.2. The summed E-state index contributed by atoms with van der Waals surface area (Å²) < 4.78 is 5.94. The van der Waals surface area contributed by atoms with E-state index in [2.05, 4.69) is 41.2 Å². The first-order valence-corrected chi connectivity index (χ1v) is 11.7. The summed E-state index contributed by atoms with van der Waals surface area (Å²) in [6.45, 7) is 11.8. The van der Waals surface area contributed by atoms with Crippen molar-refractivity contribution in [3.63, 3.8) is 0 Å². The van der Waals surface area contributed by atoms with Gasteiger partial charge in [0.25, 0.3) is 5.91 Å². The number of rotatable bonds is 9. The monoisotopic (exact) mass is 423 g/mol. The third kappa shape index (κ3) is 6.46. The maximum atomic E-state index is 12.0. The van der Waals surface area contributed by atoms with Gasteiger partial charge in [-0.05, 0) is 86.8 Å². The molecule has 31 heavy (non-hydrogen) atoms. The lowest BCUT2D eigenvalue weighted by Crippen LogP contribution is -2.34. The first kappa shape index (κ1) is 23.1. The van der Waals surface area contributed by atoms with Crippen LogP contribution in [0.5, 0.6) is 5.75 Å². The first-order chi connectivity index (χ1) is 15.0. The SMILES string of the molecule is CCNC(=O)c1ccc(OCCCC2CCN(c3ccc(C(C)C)cn3)CC2)cc1C. The van der Waals surface area contributed by atoms with Crippen molar-refractivity contribution in [2.45, 2.75) is 59.3 Å². The molecule has 1 aliphatic heterocycles. The molecule has 0 unspecified atom stereocenters. The lowest BCUT2D eigenvalue weighted by molar-refractivity contribution is 0.0955. The molecular weight excluding hydrogens is 386 g/mol. The van der Waals surface area contributed by atoms with Crippen molar-refractivity contribution < 1.29 is 9.53 Å². The van der Waals surface area contributed by atoms with Gasteiger partial charge in [-0.15, -0.1) is 0 Å². The van der Waals surface area contributed by atoms with Crippen LogP contribution in [0.2, 0.25) is 0 Å². The van der Waals surface area contributed by atoms with Gasteiger partial charge < -0.3 is 15.0 Å². The number of anilines is 1. The van der Waals surface area contributed by atoms with Gasteiger partial charge in [-0.3, -0.25) is 4.79 Å². The summed E-state index contributed by atoms with van der Waals surface area (Å²) in [5.74, 6) is 3.21. The van der Waals surface area contributed by atoms with Crippen molar-refractivity contribution in [3.8, 4) is 5.75 Å². The summed E-state index contributed by atoms with van der Waals surface area (Å²) in [6, 6.07) is 10.1. The largest absolute Gasteiger partial charge is 0.494 e. The Labute approximate surface area is 187 Å². The molecule has 5 heteroatoms. The number of aromatic nitrogens is 1. The highest BCUT2D eigenvalue weighted by Crippen LogP contribution is 2.26. The molecule has 0 atom stereocenters. The molecule has 0 spiro atoms. The Hall–Kier alpha value is -2.56. The summed E-state index contributed by atoms with van der Waals surface area (Å²) in [6.07, 6.45) is 6.71. The molecule has 2 heterocycles. The van der Waals surface area contributed by atoms with E-state index in [1.54, 1.807) is 0 Å². The molecule has 168 valence electrons. The predicted octanol–water partition coefficient (Wildman–Crippen LogP) is 5.34. The summed E-state index contributed by atoms with van der Waals surface area (Å²) in [4.78, 5) is 19.1. The van der Waals surface area contributed by atoms with Gasteiger partial charge in [0.05, 0.1) is 6.61 Å². The Bertz CT molecular complexity index is 840. The Morgan fingerprint density at radius 3 is 2.61 bits per heavy atom. The van der Waals surface area contributed by atoms with Gasteiger partial charge >= 0.3 is 0 Å². The molecule has 2 aromatic rings. The number of hydrogen-bond donors (Lipinski definition) is 1. The fourth-order valence-electron chi connectivity index (χ4n) is 4.18. The van der Waals surface area contributed by atoms with Crippen LogP contribution in [-0.2, 0) is 0 Å². The van der Waals surface area contributed by atoms with E-state index in [0.717, 1.165) is 49.2 Å². The fourth-order valence-corrected chi connectivity index (χ4v) is 4.18. The van der Waals surface area contributed by atoms with Crippen LogP contribution in [-0.4, -0.2) is 37.1 Å². The van der Waals surface area contributed by atoms with E-state index in [-0.39, 0.29) is 5.91 Å². The number of hydrogen-bond acceptors (Lipinski definition) is 4. The van der Waals surface area contributed by atoms with Crippen LogP contribution in [0.25, 0.3) is 0 Å². The molecule has 5 nitrogen and oxygen atoms in total. The number of aryl methyl sites for hydroxylation is 1. The average Bonchev–Trinajstić information content (AvgIpc) is 2.77. The third-order valence-electron chi connectivity index (χ3n) is 6.18. The number of nitrogens with one attached hydrogen (secondary N) is 1. The summed E-state index contributed by atoms with van der Waals surface area (Å²) in [5, 5.41) is 2.84. The quantitative estimate of drug-likeness (QED) is 0.553. The van der Waals surface area contributed by atoms with Crippen LogP contribution >= 0.6 is 0 Å². The minimum Gasteiger partial charge on any atom is -0.494 e. The lowest BCUT2D eigenvalue weighted by atomic mass is 9.92. The second-order valence-electron chi connectivity index (χ2n) is 8.86. The van der Waals surface area contributed by atoms with Crippen LogP contribution in [0.15, 0.2) is 36.5 Å². The number of ether oxygens (including phenoxy) is 1. The van der Waals surface area contributed by atoms with Crippen molar-refractivity contribution in [3.05, 3.63) is 53.2 Å². The van der Waals surface area contributed by atoms with Gasteiger partial charge in [-0.2, -0.15) is 0 Å². The van der Waals surface area contributed by atoms with Gasteiger partial charge in [0.15, 0.2) is 0 Å².